The topological polar surface area (TPSA) is 12.9 Å². The Morgan fingerprint density at radius 1 is 1.50 bits per heavy atom. The molecular formula is C8H8F3N. The van der Waals surface area contributed by atoms with E-state index in [0.717, 1.165) is 6.20 Å². The first-order valence-corrected chi connectivity index (χ1v) is 3.44. The van der Waals surface area contributed by atoms with Gasteiger partial charge < -0.3 is 0 Å². The van der Waals surface area contributed by atoms with Gasteiger partial charge in [-0.05, 0) is 18.6 Å². The molecule has 0 aromatic carbocycles. The van der Waals surface area contributed by atoms with Crippen LogP contribution in [0.25, 0.3) is 0 Å². The van der Waals surface area contributed by atoms with Crippen molar-refractivity contribution in [1.82, 2.24) is 4.98 Å². The molecule has 0 fully saturated rings. The number of halogens is 3. The van der Waals surface area contributed by atoms with Crippen LogP contribution in [0.4, 0.5) is 13.2 Å². The highest BCUT2D eigenvalue weighted by molar-refractivity contribution is 5.24. The summed E-state index contributed by atoms with van der Waals surface area (Å²) in [5, 5.41) is 0. The van der Waals surface area contributed by atoms with Crippen LogP contribution in [0.3, 0.4) is 0 Å². The van der Waals surface area contributed by atoms with Gasteiger partial charge >= 0.3 is 0 Å². The predicted octanol–water partition coefficient (Wildman–Crippen LogP) is 2.80. The van der Waals surface area contributed by atoms with E-state index < -0.39 is 13.1 Å². The van der Waals surface area contributed by atoms with E-state index in [0.29, 0.717) is 5.56 Å². The molecule has 0 saturated heterocycles. The summed E-state index contributed by atoms with van der Waals surface area (Å²) in [5.74, 6) is 0. The van der Waals surface area contributed by atoms with Gasteiger partial charge in [-0.3, -0.25) is 4.98 Å². The Bertz CT molecular complexity index is 273. The molecule has 1 aromatic heterocycles. The summed E-state index contributed by atoms with van der Waals surface area (Å²) in [4.78, 5) is 3.56. The molecular weight excluding hydrogens is 167 g/mol. The lowest BCUT2D eigenvalue weighted by molar-refractivity contribution is 0.151. The summed E-state index contributed by atoms with van der Waals surface area (Å²) >= 11 is 0. The van der Waals surface area contributed by atoms with Crippen LogP contribution in [0.1, 0.15) is 23.2 Å². The summed E-state index contributed by atoms with van der Waals surface area (Å²) in [6.07, 6.45) is -1.53. The van der Waals surface area contributed by atoms with Crippen LogP contribution < -0.4 is 0 Å². The van der Waals surface area contributed by atoms with Gasteiger partial charge in [0, 0.05) is 11.8 Å². The van der Waals surface area contributed by atoms with Gasteiger partial charge in [0.25, 0.3) is 6.43 Å². The van der Waals surface area contributed by atoms with E-state index in [1.54, 1.807) is 6.92 Å². The summed E-state index contributed by atoms with van der Waals surface area (Å²) in [5.41, 5.74) is 0.527. The zero-order valence-electron chi connectivity index (χ0n) is 6.52. The van der Waals surface area contributed by atoms with Gasteiger partial charge in [-0.25, -0.2) is 13.2 Å². The average molecular weight is 175 g/mol. The number of rotatable bonds is 2. The third kappa shape index (κ3) is 1.75. The van der Waals surface area contributed by atoms with Crippen LogP contribution in [-0.4, -0.2) is 4.98 Å². The minimum Gasteiger partial charge on any atom is -0.258 e. The molecule has 1 aromatic rings. The van der Waals surface area contributed by atoms with Crippen LogP contribution >= 0.6 is 0 Å². The van der Waals surface area contributed by atoms with E-state index in [-0.39, 0.29) is 11.3 Å². The number of aryl methyl sites for hydroxylation is 1. The average Bonchev–Trinajstić information content (AvgIpc) is 2.04. The van der Waals surface area contributed by atoms with Crippen molar-refractivity contribution in [3.63, 3.8) is 0 Å². The Hall–Kier alpha value is -1.06. The molecule has 0 radical (unpaired) electrons. The number of pyridine rings is 1. The van der Waals surface area contributed by atoms with Gasteiger partial charge in [0.15, 0.2) is 0 Å². The number of nitrogens with zero attached hydrogens (tertiary/aromatic N) is 1. The standard InChI is InChI=1S/C8H8F3N/c1-5-2-6(8(10)11)4-12-7(5)3-9/h2,4,8H,3H2,1H3. The number of hydrogen-bond acceptors (Lipinski definition) is 1. The highest BCUT2D eigenvalue weighted by Gasteiger charge is 2.09. The monoisotopic (exact) mass is 175 g/mol. The Balaban J connectivity index is 3.02. The molecule has 4 heteroatoms. The van der Waals surface area contributed by atoms with Crippen LogP contribution in [0, 0.1) is 6.92 Å². The SMILES string of the molecule is Cc1cc(C(F)F)cnc1CF. The second kappa shape index (κ2) is 3.56. The lowest BCUT2D eigenvalue weighted by Crippen LogP contribution is -1.94. The largest absolute Gasteiger partial charge is 0.265 e. The number of hydrogen-bond donors (Lipinski definition) is 0. The van der Waals surface area contributed by atoms with Gasteiger partial charge in [-0.15, -0.1) is 0 Å². The second-order valence-electron chi connectivity index (χ2n) is 2.47. The molecule has 0 aliphatic rings. The fraction of sp³-hybridized carbons (Fsp3) is 0.375. The molecule has 0 N–H and O–H groups in total. The Kier molecular flexibility index (Phi) is 2.68. The maximum absolute atomic E-state index is 12.1. The lowest BCUT2D eigenvalue weighted by atomic mass is 10.2. The molecule has 0 unspecified atom stereocenters. The van der Waals surface area contributed by atoms with E-state index in [2.05, 4.69) is 4.98 Å². The van der Waals surface area contributed by atoms with Crippen molar-refractivity contribution in [2.45, 2.75) is 20.0 Å². The fourth-order valence-corrected chi connectivity index (χ4v) is 0.884. The van der Waals surface area contributed by atoms with Gasteiger partial charge in [0.1, 0.15) is 6.67 Å². The van der Waals surface area contributed by atoms with Crippen molar-refractivity contribution in [2.75, 3.05) is 0 Å². The molecule has 12 heavy (non-hydrogen) atoms. The van der Waals surface area contributed by atoms with Gasteiger partial charge in [0.05, 0.1) is 5.69 Å². The third-order valence-electron chi connectivity index (χ3n) is 1.59. The predicted molar refractivity (Wildman–Crippen MR) is 38.7 cm³/mol. The van der Waals surface area contributed by atoms with Crippen molar-refractivity contribution in [1.29, 1.82) is 0 Å². The van der Waals surface area contributed by atoms with Crippen molar-refractivity contribution in [3.05, 3.63) is 29.1 Å². The van der Waals surface area contributed by atoms with E-state index in [1.807, 2.05) is 0 Å². The smallest absolute Gasteiger partial charge is 0.258 e. The maximum atomic E-state index is 12.1. The molecule has 1 nitrogen and oxygen atoms in total. The summed E-state index contributed by atoms with van der Waals surface area (Å²) in [7, 11) is 0. The minimum absolute atomic E-state index is 0.162. The summed E-state index contributed by atoms with van der Waals surface area (Å²) in [6, 6.07) is 1.26. The van der Waals surface area contributed by atoms with E-state index in [1.165, 1.54) is 6.07 Å². The number of aromatic nitrogens is 1. The molecule has 1 heterocycles. The Labute approximate surface area is 68.2 Å². The fourth-order valence-electron chi connectivity index (χ4n) is 0.884. The lowest BCUT2D eigenvalue weighted by Gasteiger charge is -2.03. The summed E-state index contributed by atoms with van der Waals surface area (Å²) < 4.78 is 36.2. The quantitative estimate of drug-likeness (QED) is 0.673. The molecule has 0 aliphatic heterocycles. The first kappa shape index (κ1) is 9.03. The molecule has 0 saturated carbocycles. The first-order valence-electron chi connectivity index (χ1n) is 3.44. The first-order chi connectivity index (χ1) is 5.65. The van der Waals surface area contributed by atoms with Gasteiger partial charge in [0.2, 0.25) is 0 Å². The highest BCUT2D eigenvalue weighted by Crippen LogP contribution is 2.19. The van der Waals surface area contributed by atoms with Gasteiger partial charge in [-0.1, -0.05) is 0 Å². The Morgan fingerprint density at radius 2 is 2.17 bits per heavy atom. The zero-order chi connectivity index (χ0) is 9.14. The molecule has 0 aliphatic carbocycles. The van der Waals surface area contributed by atoms with Crippen LogP contribution in [-0.2, 0) is 6.67 Å². The molecule has 0 spiro atoms. The van der Waals surface area contributed by atoms with Crippen molar-refractivity contribution >= 4 is 0 Å². The van der Waals surface area contributed by atoms with Crippen molar-refractivity contribution in [3.8, 4) is 0 Å². The molecule has 66 valence electrons. The molecule has 0 bridgehead atoms. The van der Waals surface area contributed by atoms with Crippen LogP contribution in [0.2, 0.25) is 0 Å². The second-order valence-corrected chi connectivity index (χ2v) is 2.47. The third-order valence-corrected chi connectivity index (χ3v) is 1.59. The Morgan fingerprint density at radius 3 is 2.58 bits per heavy atom. The molecule has 0 atom stereocenters. The van der Waals surface area contributed by atoms with E-state index in [9.17, 15) is 13.2 Å². The highest BCUT2D eigenvalue weighted by atomic mass is 19.3. The minimum atomic E-state index is -2.54. The van der Waals surface area contributed by atoms with E-state index in [4.69, 9.17) is 0 Å². The van der Waals surface area contributed by atoms with E-state index >= 15 is 0 Å². The van der Waals surface area contributed by atoms with Gasteiger partial charge in [-0.2, -0.15) is 0 Å². The van der Waals surface area contributed by atoms with Crippen molar-refractivity contribution in [2.24, 2.45) is 0 Å². The maximum Gasteiger partial charge on any atom is 0.265 e. The van der Waals surface area contributed by atoms with Crippen LogP contribution in [0.15, 0.2) is 12.3 Å². The van der Waals surface area contributed by atoms with Crippen LogP contribution in [0.5, 0.6) is 0 Å². The number of alkyl halides is 3. The normalized spacial score (nSPS) is 10.8. The molecule has 0 amide bonds. The molecule has 1 rings (SSSR count). The summed E-state index contributed by atoms with van der Waals surface area (Å²) in [6.45, 7) is 0.850. The van der Waals surface area contributed by atoms with Crippen molar-refractivity contribution < 1.29 is 13.2 Å². The zero-order valence-corrected chi connectivity index (χ0v) is 6.52.